The number of nitrogens with zero attached hydrogens (tertiary/aromatic N) is 2. The lowest BCUT2D eigenvalue weighted by atomic mass is 9.98. The Hall–Kier alpha value is -1.46. The molecule has 1 aromatic heterocycles. The Labute approximate surface area is 116 Å². The lowest BCUT2D eigenvalue weighted by Gasteiger charge is -2.18. The van der Waals surface area contributed by atoms with Gasteiger partial charge in [0.05, 0.1) is 0 Å². The Balaban J connectivity index is 0.00000133. The van der Waals surface area contributed by atoms with Gasteiger partial charge < -0.3 is 9.84 Å². The molecule has 2 aromatic rings. The SMILES string of the molecule is Cl.Fc1cccc(-c2noc(C3CCNCC3)n2)c1. The van der Waals surface area contributed by atoms with Crippen LogP contribution >= 0.6 is 12.4 Å². The van der Waals surface area contributed by atoms with Crippen LogP contribution in [0.25, 0.3) is 11.4 Å². The number of piperidine rings is 1. The summed E-state index contributed by atoms with van der Waals surface area (Å²) in [4.78, 5) is 4.37. The van der Waals surface area contributed by atoms with Crippen LogP contribution in [0.2, 0.25) is 0 Å². The van der Waals surface area contributed by atoms with Gasteiger partial charge in [0.2, 0.25) is 11.7 Å². The summed E-state index contributed by atoms with van der Waals surface area (Å²) in [6.07, 6.45) is 2.01. The Kier molecular flexibility index (Phi) is 4.50. The normalized spacial score (nSPS) is 16.1. The molecule has 1 aliphatic rings. The van der Waals surface area contributed by atoms with Gasteiger partial charge in [-0.1, -0.05) is 17.3 Å². The average Bonchev–Trinajstić information content (AvgIpc) is 2.89. The lowest BCUT2D eigenvalue weighted by molar-refractivity contribution is 0.320. The Morgan fingerprint density at radius 3 is 2.79 bits per heavy atom. The summed E-state index contributed by atoms with van der Waals surface area (Å²) in [5.41, 5.74) is 0.652. The van der Waals surface area contributed by atoms with Crippen LogP contribution in [0.4, 0.5) is 4.39 Å². The van der Waals surface area contributed by atoms with E-state index in [9.17, 15) is 4.39 Å². The molecule has 6 heteroatoms. The van der Waals surface area contributed by atoms with Crippen molar-refractivity contribution in [3.63, 3.8) is 0 Å². The Morgan fingerprint density at radius 2 is 2.05 bits per heavy atom. The molecule has 102 valence electrons. The van der Waals surface area contributed by atoms with Crippen molar-refractivity contribution in [1.82, 2.24) is 15.5 Å². The molecule has 1 fully saturated rings. The van der Waals surface area contributed by atoms with Crippen LogP contribution in [-0.4, -0.2) is 23.2 Å². The van der Waals surface area contributed by atoms with Gasteiger partial charge >= 0.3 is 0 Å². The molecule has 0 bridgehead atoms. The quantitative estimate of drug-likeness (QED) is 0.921. The maximum atomic E-state index is 13.1. The molecule has 19 heavy (non-hydrogen) atoms. The van der Waals surface area contributed by atoms with Crippen molar-refractivity contribution in [3.05, 3.63) is 36.0 Å². The molecule has 0 saturated carbocycles. The van der Waals surface area contributed by atoms with Crippen molar-refractivity contribution in [3.8, 4) is 11.4 Å². The minimum Gasteiger partial charge on any atom is -0.339 e. The molecule has 0 amide bonds. The second-order valence-electron chi connectivity index (χ2n) is 4.49. The summed E-state index contributed by atoms with van der Waals surface area (Å²) in [6.45, 7) is 1.95. The maximum absolute atomic E-state index is 13.1. The fourth-order valence-corrected chi connectivity index (χ4v) is 2.21. The molecular weight excluding hydrogens is 269 g/mol. The van der Waals surface area contributed by atoms with Gasteiger partial charge in [-0.15, -0.1) is 12.4 Å². The predicted octanol–water partition coefficient (Wildman–Crippen LogP) is 2.76. The highest BCUT2D eigenvalue weighted by Crippen LogP contribution is 2.26. The van der Waals surface area contributed by atoms with E-state index in [4.69, 9.17) is 4.52 Å². The van der Waals surface area contributed by atoms with E-state index in [1.54, 1.807) is 12.1 Å². The van der Waals surface area contributed by atoms with E-state index >= 15 is 0 Å². The zero-order valence-corrected chi connectivity index (χ0v) is 11.1. The molecule has 0 radical (unpaired) electrons. The molecular formula is C13H15ClFN3O. The fraction of sp³-hybridized carbons (Fsp3) is 0.385. The first kappa shape index (κ1) is 14.0. The van der Waals surface area contributed by atoms with E-state index in [1.807, 2.05) is 0 Å². The average molecular weight is 284 g/mol. The summed E-state index contributed by atoms with van der Waals surface area (Å²) in [5, 5.41) is 7.22. The predicted molar refractivity (Wildman–Crippen MR) is 71.8 cm³/mol. The smallest absolute Gasteiger partial charge is 0.230 e. The van der Waals surface area contributed by atoms with Crippen molar-refractivity contribution in [2.24, 2.45) is 0 Å². The highest BCUT2D eigenvalue weighted by Gasteiger charge is 2.21. The zero-order chi connectivity index (χ0) is 12.4. The molecule has 0 spiro atoms. The highest BCUT2D eigenvalue weighted by atomic mass is 35.5. The molecule has 2 heterocycles. The third kappa shape index (κ3) is 3.11. The maximum Gasteiger partial charge on any atom is 0.230 e. The van der Waals surface area contributed by atoms with Gasteiger partial charge in [-0.2, -0.15) is 4.98 Å². The molecule has 1 aromatic carbocycles. The van der Waals surface area contributed by atoms with Crippen LogP contribution in [0.15, 0.2) is 28.8 Å². The van der Waals surface area contributed by atoms with Crippen molar-refractivity contribution in [2.75, 3.05) is 13.1 Å². The van der Waals surface area contributed by atoms with Gasteiger partial charge in [0, 0.05) is 11.5 Å². The number of halogens is 2. The van der Waals surface area contributed by atoms with E-state index < -0.39 is 0 Å². The van der Waals surface area contributed by atoms with E-state index in [2.05, 4.69) is 15.5 Å². The lowest BCUT2D eigenvalue weighted by Crippen LogP contribution is -2.26. The largest absolute Gasteiger partial charge is 0.339 e. The Bertz CT molecular complexity index is 540. The number of aromatic nitrogens is 2. The van der Waals surface area contributed by atoms with Crippen molar-refractivity contribution in [2.45, 2.75) is 18.8 Å². The van der Waals surface area contributed by atoms with Gasteiger partial charge in [0.25, 0.3) is 0 Å². The van der Waals surface area contributed by atoms with Gasteiger partial charge in [-0.25, -0.2) is 4.39 Å². The molecule has 1 aliphatic heterocycles. The molecule has 3 rings (SSSR count). The second-order valence-corrected chi connectivity index (χ2v) is 4.49. The third-order valence-electron chi connectivity index (χ3n) is 3.21. The molecule has 1 saturated heterocycles. The van der Waals surface area contributed by atoms with Crippen LogP contribution in [-0.2, 0) is 0 Å². The number of benzene rings is 1. The molecule has 0 aliphatic carbocycles. The summed E-state index contributed by atoms with van der Waals surface area (Å²) in [5.74, 6) is 1.15. The summed E-state index contributed by atoms with van der Waals surface area (Å²) in [7, 11) is 0. The number of nitrogens with one attached hydrogen (secondary N) is 1. The number of hydrogen-bond acceptors (Lipinski definition) is 4. The minimum absolute atomic E-state index is 0. The summed E-state index contributed by atoms with van der Waals surface area (Å²) < 4.78 is 18.4. The molecule has 1 N–H and O–H groups in total. The van der Waals surface area contributed by atoms with Gasteiger partial charge in [0.1, 0.15) is 5.82 Å². The van der Waals surface area contributed by atoms with Crippen LogP contribution in [0.3, 0.4) is 0 Å². The second kappa shape index (κ2) is 6.12. The molecule has 4 nitrogen and oxygen atoms in total. The Morgan fingerprint density at radius 1 is 1.26 bits per heavy atom. The molecule has 0 unspecified atom stereocenters. The summed E-state index contributed by atoms with van der Waals surface area (Å²) >= 11 is 0. The van der Waals surface area contributed by atoms with Crippen molar-refractivity contribution < 1.29 is 8.91 Å². The fourth-order valence-electron chi connectivity index (χ4n) is 2.21. The third-order valence-corrected chi connectivity index (χ3v) is 3.21. The van der Waals surface area contributed by atoms with E-state index in [0.717, 1.165) is 25.9 Å². The monoisotopic (exact) mass is 283 g/mol. The van der Waals surface area contributed by atoms with Crippen LogP contribution in [0.5, 0.6) is 0 Å². The van der Waals surface area contributed by atoms with Crippen LogP contribution in [0, 0.1) is 5.82 Å². The molecule has 0 atom stereocenters. The van der Waals surface area contributed by atoms with Gasteiger partial charge in [0.15, 0.2) is 0 Å². The van der Waals surface area contributed by atoms with Crippen molar-refractivity contribution in [1.29, 1.82) is 0 Å². The number of hydrogen-bond donors (Lipinski definition) is 1. The number of rotatable bonds is 2. The first-order valence-corrected chi connectivity index (χ1v) is 6.13. The topological polar surface area (TPSA) is 51.0 Å². The van der Waals surface area contributed by atoms with Gasteiger partial charge in [-0.05, 0) is 38.1 Å². The van der Waals surface area contributed by atoms with E-state index in [0.29, 0.717) is 23.2 Å². The first-order valence-electron chi connectivity index (χ1n) is 6.13. The van der Waals surface area contributed by atoms with E-state index in [-0.39, 0.29) is 18.2 Å². The van der Waals surface area contributed by atoms with Gasteiger partial charge in [-0.3, -0.25) is 0 Å². The highest BCUT2D eigenvalue weighted by molar-refractivity contribution is 5.85. The minimum atomic E-state index is -0.291. The van der Waals surface area contributed by atoms with E-state index in [1.165, 1.54) is 12.1 Å². The van der Waals surface area contributed by atoms with Crippen LogP contribution in [0.1, 0.15) is 24.7 Å². The standard InChI is InChI=1S/C13H14FN3O.ClH/c14-11-3-1-2-10(8-11)12-16-13(18-17-12)9-4-6-15-7-5-9;/h1-3,8-9,15H,4-7H2;1H. The van der Waals surface area contributed by atoms with Crippen molar-refractivity contribution >= 4 is 12.4 Å². The summed E-state index contributed by atoms with van der Waals surface area (Å²) in [6, 6.07) is 6.24. The zero-order valence-electron chi connectivity index (χ0n) is 10.3. The van der Waals surface area contributed by atoms with Crippen LogP contribution < -0.4 is 5.32 Å². The first-order chi connectivity index (χ1) is 8.83.